The van der Waals surface area contributed by atoms with E-state index in [-0.39, 0.29) is 24.5 Å². The number of nitrogens with one attached hydrogen (secondary N) is 1. The molecule has 0 radical (unpaired) electrons. The van der Waals surface area contributed by atoms with E-state index in [1.165, 1.54) is 5.56 Å². The summed E-state index contributed by atoms with van der Waals surface area (Å²) in [7, 11) is 1.87. The monoisotopic (exact) mass is 372 g/mol. The summed E-state index contributed by atoms with van der Waals surface area (Å²) in [4.78, 5) is 14.6. The standard InChI is InChI=1S/C25H28N2O/c1-19-14-16-23(17-15-19)25(22-12-8-5-9-13-22)26-18-24(28)27(3)20(2)21-10-6-4-7-11-21/h4-17,20,25-26H,18H2,1-3H3/t20-,25+/m0/s1. The van der Waals surface area contributed by atoms with Crippen molar-refractivity contribution < 1.29 is 4.79 Å². The van der Waals surface area contributed by atoms with Gasteiger partial charge in [-0.1, -0.05) is 90.5 Å². The highest BCUT2D eigenvalue weighted by atomic mass is 16.2. The number of rotatable bonds is 7. The van der Waals surface area contributed by atoms with Gasteiger partial charge in [0, 0.05) is 7.05 Å². The summed E-state index contributed by atoms with van der Waals surface area (Å²) in [6.45, 7) is 4.42. The molecule has 0 spiro atoms. The number of hydrogen-bond donors (Lipinski definition) is 1. The Balaban J connectivity index is 1.72. The summed E-state index contributed by atoms with van der Waals surface area (Å²) in [6.07, 6.45) is 0. The van der Waals surface area contributed by atoms with Gasteiger partial charge < -0.3 is 4.90 Å². The molecule has 0 unspecified atom stereocenters. The van der Waals surface area contributed by atoms with Gasteiger partial charge in [0.05, 0.1) is 18.6 Å². The normalized spacial score (nSPS) is 13.0. The van der Waals surface area contributed by atoms with Crippen LogP contribution in [-0.2, 0) is 4.79 Å². The molecule has 2 atom stereocenters. The minimum Gasteiger partial charge on any atom is -0.338 e. The molecular formula is C25H28N2O. The van der Waals surface area contributed by atoms with Gasteiger partial charge in [0.25, 0.3) is 0 Å². The lowest BCUT2D eigenvalue weighted by Crippen LogP contribution is -2.38. The van der Waals surface area contributed by atoms with Crippen molar-refractivity contribution in [2.24, 2.45) is 0 Å². The molecule has 0 fully saturated rings. The van der Waals surface area contributed by atoms with Gasteiger partial charge in [-0.15, -0.1) is 0 Å². The molecule has 3 aromatic rings. The SMILES string of the molecule is Cc1ccc([C@H](NCC(=O)N(C)[C@@H](C)c2ccccc2)c2ccccc2)cc1. The second-order valence-corrected chi connectivity index (χ2v) is 7.23. The van der Waals surface area contributed by atoms with Crippen LogP contribution in [-0.4, -0.2) is 24.4 Å². The van der Waals surface area contributed by atoms with Crippen molar-refractivity contribution >= 4 is 5.91 Å². The lowest BCUT2D eigenvalue weighted by molar-refractivity contribution is -0.130. The van der Waals surface area contributed by atoms with E-state index in [9.17, 15) is 4.79 Å². The van der Waals surface area contributed by atoms with Gasteiger partial charge in [0.1, 0.15) is 0 Å². The lowest BCUT2D eigenvalue weighted by Gasteiger charge is -2.27. The van der Waals surface area contributed by atoms with Gasteiger partial charge in [0.15, 0.2) is 0 Å². The first kappa shape index (κ1) is 19.8. The smallest absolute Gasteiger partial charge is 0.236 e. The van der Waals surface area contributed by atoms with Crippen LogP contribution >= 0.6 is 0 Å². The van der Waals surface area contributed by atoms with Crippen molar-refractivity contribution in [3.05, 3.63) is 107 Å². The summed E-state index contributed by atoms with van der Waals surface area (Å²) >= 11 is 0. The molecule has 3 heteroatoms. The van der Waals surface area contributed by atoms with E-state index < -0.39 is 0 Å². The third-order valence-corrected chi connectivity index (χ3v) is 5.26. The highest BCUT2D eigenvalue weighted by Gasteiger charge is 2.20. The van der Waals surface area contributed by atoms with Crippen LogP contribution < -0.4 is 5.32 Å². The predicted octanol–water partition coefficient (Wildman–Crippen LogP) is 4.89. The fraction of sp³-hybridized carbons (Fsp3) is 0.240. The first-order chi connectivity index (χ1) is 13.6. The molecule has 144 valence electrons. The molecule has 3 rings (SSSR count). The van der Waals surface area contributed by atoms with Crippen LogP contribution in [0.3, 0.4) is 0 Å². The first-order valence-electron chi connectivity index (χ1n) is 9.72. The second kappa shape index (κ2) is 9.34. The van der Waals surface area contributed by atoms with Gasteiger partial charge in [-0.3, -0.25) is 10.1 Å². The number of likely N-dealkylation sites (N-methyl/N-ethyl adjacent to an activating group) is 1. The van der Waals surface area contributed by atoms with E-state index in [4.69, 9.17) is 0 Å². The third kappa shape index (κ3) is 4.87. The molecule has 3 aromatic carbocycles. The molecule has 0 heterocycles. The van der Waals surface area contributed by atoms with Crippen LogP contribution in [0, 0.1) is 6.92 Å². The molecule has 1 amide bonds. The summed E-state index contributed by atoms with van der Waals surface area (Å²) in [5.41, 5.74) is 4.67. The molecule has 0 saturated carbocycles. The molecule has 1 N–H and O–H groups in total. The molecular weight excluding hydrogens is 344 g/mol. The number of carbonyl (C=O) groups excluding carboxylic acids is 1. The molecule has 0 saturated heterocycles. The van der Waals surface area contributed by atoms with Crippen molar-refractivity contribution in [1.29, 1.82) is 0 Å². The van der Waals surface area contributed by atoms with Crippen molar-refractivity contribution in [3.63, 3.8) is 0 Å². The highest BCUT2D eigenvalue weighted by molar-refractivity contribution is 5.78. The largest absolute Gasteiger partial charge is 0.338 e. The Labute approximate surface area is 168 Å². The maximum absolute atomic E-state index is 12.8. The van der Waals surface area contributed by atoms with E-state index in [1.807, 2.05) is 43.4 Å². The average Bonchev–Trinajstić information content (AvgIpc) is 2.75. The van der Waals surface area contributed by atoms with Crippen LogP contribution in [0.2, 0.25) is 0 Å². The number of carbonyl (C=O) groups is 1. The Morgan fingerprint density at radius 3 is 1.89 bits per heavy atom. The minimum atomic E-state index is -0.0221. The number of aryl methyl sites for hydroxylation is 1. The van der Waals surface area contributed by atoms with Crippen LogP contribution in [0.15, 0.2) is 84.9 Å². The van der Waals surface area contributed by atoms with Crippen molar-refractivity contribution in [3.8, 4) is 0 Å². The fourth-order valence-electron chi connectivity index (χ4n) is 3.32. The summed E-state index contributed by atoms with van der Waals surface area (Å²) in [5.74, 6) is 0.0735. The minimum absolute atomic E-state index is 0.0221. The van der Waals surface area contributed by atoms with Crippen LogP contribution in [0.1, 0.15) is 41.3 Å². The number of benzene rings is 3. The quantitative estimate of drug-likeness (QED) is 0.640. The maximum Gasteiger partial charge on any atom is 0.236 e. The second-order valence-electron chi connectivity index (χ2n) is 7.23. The van der Waals surface area contributed by atoms with E-state index in [0.29, 0.717) is 0 Å². The van der Waals surface area contributed by atoms with Crippen LogP contribution in [0.5, 0.6) is 0 Å². The Morgan fingerprint density at radius 1 is 0.821 bits per heavy atom. The third-order valence-electron chi connectivity index (χ3n) is 5.26. The summed E-state index contributed by atoms with van der Waals surface area (Å²) < 4.78 is 0. The predicted molar refractivity (Wildman–Crippen MR) is 115 cm³/mol. The van der Waals surface area contributed by atoms with E-state index in [2.05, 4.69) is 67.7 Å². The van der Waals surface area contributed by atoms with Gasteiger partial charge >= 0.3 is 0 Å². The highest BCUT2D eigenvalue weighted by Crippen LogP contribution is 2.23. The lowest BCUT2D eigenvalue weighted by atomic mass is 9.98. The first-order valence-corrected chi connectivity index (χ1v) is 9.72. The molecule has 0 bridgehead atoms. The Hall–Kier alpha value is -2.91. The molecule has 0 aliphatic heterocycles. The number of amides is 1. The Kier molecular flexibility index (Phi) is 6.62. The maximum atomic E-state index is 12.8. The average molecular weight is 373 g/mol. The molecule has 0 aromatic heterocycles. The number of hydrogen-bond acceptors (Lipinski definition) is 2. The zero-order chi connectivity index (χ0) is 19.9. The topological polar surface area (TPSA) is 32.3 Å². The van der Waals surface area contributed by atoms with Crippen molar-refractivity contribution in [2.75, 3.05) is 13.6 Å². The zero-order valence-corrected chi connectivity index (χ0v) is 16.8. The van der Waals surface area contributed by atoms with Gasteiger partial charge in [0.2, 0.25) is 5.91 Å². The van der Waals surface area contributed by atoms with Crippen molar-refractivity contribution in [2.45, 2.75) is 25.9 Å². The van der Waals surface area contributed by atoms with E-state index in [1.54, 1.807) is 4.90 Å². The van der Waals surface area contributed by atoms with Gasteiger partial charge in [-0.2, -0.15) is 0 Å². The van der Waals surface area contributed by atoms with E-state index in [0.717, 1.165) is 16.7 Å². The Bertz CT molecular complexity index is 875. The van der Waals surface area contributed by atoms with Gasteiger partial charge in [-0.25, -0.2) is 0 Å². The van der Waals surface area contributed by atoms with Gasteiger partial charge in [-0.05, 0) is 30.5 Å². The van der Waals surface area contributed by atoms with Crippen LogP contribution in [0.4, 0.5) is 0 Å². The Morgan fingerprint density at radius 2 is 1.32 bits per heavy atom. The van der Waals surface area contributed by atoms with Crippen LogP contribution in [0.25, 0.3) is 0 Å². The molecule has 0 aliphatic carbocycles. The summed E-state index contributed by atoms with van der Waals surface area (Å²) in [6, 6.07) is 28.9. The van der Waals surface area contributed by atoms with E-state index >= 15 is 0 Å². The number of nitrogens with zero attached hydrogens (tertiary/aromatic N) is 1. The zero-order valence-electron chi connectivity index (χ0n) is 16.8. The summed E-state index contributed by atoms with van der Waals surface area (Å²) in [5, 5.41) is 3.47. The molecule has 3 nitrogen and oxygen atoms in total. The molecule has 0 aliphatic rings. The molecule has 28 heavy (non-hydrogen) atoms. The fourth-order valence-corrected chi connectivity index (χ4v) is 3.32. The van der Waals surface area contributed by atoms with Crippen molar-refractivity contribution in [1.82, 2.24) is 10.2 Å².